The van der Waals surface area contributed by atoms with Gasteiger partial charge in [0.25, 0.3) is 11.8 Å². The number of hydrogen-bond acceptors (Lipinski definition) is 2. The lowest BCUT2D eigenvalue weighted by atomic mass is 10.1. The molecule has 0 radical (unpaired) electrons. The van der Waals surface area contributed by atoms with Gasteiger partial charge in [-0.15, -0.1) is 4.52 Å². The fourth-order valence-electron chi connectivity index (χ4n) is 2.73. The van der Waals surface area contributed by atoms with Gasteiger partial charge in [-0.2, -0.15) is 0 Å². The van der Waals surface area contributed by atoms with E-state index in [1.54, 1.807) is 33.7 Å². The average molecular weight is 372 g/mol. The van der Waals surface area contributed by atoms with E-state index in [0.717, 1.165) is 16.8 Å². The summed E-state index contributed by atoms with van der Waals surface area (Å²) in [7, 11) is 0. The Morgan fingerprint density at radius 1 is 1.08 bits per heavy atom. The summed E-state index contributed by atoms with van der Waals surface area (Å²) >= 11 is 12.2. The summed E-state index contributed by atoms with van der Waals surface area (Å²) in [5, 5.41) is 8.61. The molecule has 5 nitrogen and oxygen atoms in total. The van der Waals surface area contributed by atoms with Crippen molar-refractivity contribution in [2.24, 2.45) is 0 Å². The number of fused-ring (bicyclic) bond motifs is 1. The quantitative estimate of drug-likeness (QED) is 0.561. The molecule has 0 unspecified atom stereocenters. The number of nitrogens with zero attached hydrogens (tertiary/aromatic N) is 3. The smallest absolute Gasteiger partial charge is 0.282 e. The van der Waals surface area contributed by atoms with Gasteiger partial charge in [-0.1, -0.05) is 64.3 Å². The van der Waals surface area contributed by atoms with E-state index in [0.29, 0.717) is 22.2 Å². The van der Waals surface area contributed by atoms with Crippen LogP contribution in [-0.4, -0.2) is 14.9 Å². The van der Waals surface area contributed by atoms with Crippen LogP contribution in [0.2, 0.25) is 10.0 Å². The van der Waals surface area contributed by atoms with E-state index in [9.17, 15) is 4.79 Å². The number of aromatic nitrogens is 4. The van der Waals surface area contributed by atoms with Crippen LogP contribution >= 0.6 is 23.2 Å². The first kappa shape index (κ1) is 15.9. The standard InChI is InChI=1S/C18H12Cl2N4O/c19-14-7-6-13(15(20)8-14)10-23-18-17(25)9-16(22-24(18)11-21-23)12-4-2-1-3-5-12/h1-9,11H,10H2/p+1. The molecule has 7 heteroatoms. The van der Waals surface area contributed by atoms with Gasteiger partial charge in [0.05, 0.1) is 5.69 Å². The van der Waals surface area contributed by atoms with Gasteiger partial charge in [-0.25, -0.2) is 5.10 Å². The lowest BCUT2D eigenvalue weighted by Gasteiger charge is -2.02. The van der Waals surface area contributed by atoms with Crippen molar-refractivity contribution in [3.05, 3.63) is 86.8 Å². The number of hydrogen-bond donors (Lipinski definition) is 1. The Morgan fingerprint density at radius 2 is 1.88 bits per heavy atom. The third kappa shape index (κ3) is 3.04. The molecule has 25 heavy (non-hydrogen) atoms. The van der Waals surface area contributed by atoms with Crippen LogP contribution in [0.5, 0.6) is 0 Å². The molecule has 2 aromatic carbocycles. The molecule has 0 amide bonds. The van der Waals surface area contributed by atoms with Crippen LogP contribution in [0.25, 0.3) is 16.9 Å². The Bertz CT molecular complexity index is 1120. The van der Waals surface area contributed by atoms with E-state index in [1.165, 1.54) is 0 Å². The van der Waals surface area contributed by atoms with E-state index in [2.05, 4.69) is 10.2 Å². The molecule has 0 bridgehead atoms. The van der Waals surface area contributed by atoms with Gasteiger partial charge in [-0.05, 0) is 12.1 Å². The summed E-state index contributed by atoms with van der Waals surface area (Å²) in [5.41, 5.74) is 2.81. The first-order chi connectivity index (χ1) is 12.1. The third-order valence-corrected chi connectivity index (χ3v) is 4.52. The predicted molar refractivity (Wildman–Crippen MR) is 97.0 cm³/mol. The van der Waals surface area contributed by atoms with E-state index in [-0.39, 0.29) is 5.43 Å². The van der Waals surface area contributed by atoms with E-state index in [4.69, 9.17) is 23.2 Å². The topological polar surface area (TPSA) is 54.8 Å². The molecule has 0 fully saturated rings. The van der Waals surface area contributed by atoms with Crippen LogP contribution in [-0.2, 0) is 6.54 Å². The molecular weight excluding hydrogens is 359 g/mol. The Labute approximate surface area is 153 Å². The highest BCUT2D eigenvalue weighted by Gasteiger charge is 2.18. The Hall–Kier alpha value is -2.63. The highest BCUT2D eigenvalue weighted by atomic mass is 35.5. The van der Waals surface area contributed by atoms with Gasteiger partial charge in [0, 0.05) is 32.3 Å². The van der Waals surface area contributed by atoms with Gasteiger partial charge < -0.3 is 0 Å². The molecule has 0 aliphatic heterocycles. The maximum atomic E-state index is 12.6. The van der Waals surface area contributed by atoms with Gasteiger partial charge >= 0.3 is 5.65 Å². The zero-order valence-corrected chi connectivity index (χ0v) is 14.5. The van der Waals surface area contributed by atoms with Crippen LogP contribution in [0, 0.1) is 0 Å². The lowest BCUT2D eigenvalue weighted by Crippen LogP contribution is -2.32. The Balaban J connectivity index is 1.78. The van der Waals surface area contributed by atoms with Crippen LogP contribution in [0.15, 0.2) is 65.7 Å². The molecule has 0 saturated carbocycles. The number of benzene rings is 2. The highest BCUT2D eigenvalue weighted by molar-refractivity contribution is 6.35. The van der Waals surface area contributed by atoms with Crippen molar-refractivity contribution in [2.75, 3.05) is 0 Å². The lowest BCUT2D eigenvalue weighted by molar-refractivity contribution is -0.580. The highest BCUT2D eigenvalue weighted by Crippen LogP contribution is 2.21. The summed E-state index contributed by atoms with van der Waals surface area (Å²) in [5.74, 6) is 0. The minimum Gasteiger partial charge on any atom is -0.282 e. The SMILES string of the molecule is O=c1cc(-c2ccccc2)[nH][n+]2cnn(Cc3ccc(Cl)cc3Cl)c12. The number of aromatic amines is 1. The average Bonchev–Trinajstić information content (AvgIpc) is 3.01. The van der Waals surface area contributed by atoms with E-state index >= 15 is 0 Å². The molecule has 0 spiro atoms. The van der Waals surface area contributed by atoms with Crippen molar-refractivity contribution < 1.29 is 4.52 Å². The van der Waals surface area contributed by atoms with Crippen LogP contribution < -0.4 is 9.94 Å². The number of nitrogens with one attached hydrogen (secondary N) is 1. The molecule has 0 aliphatic rings. The van der Waals surface area contributed by atoms with Crippen LogP contribution in [0.1, 0.15) is 5.56 Å². The van der Waals surface area contributed by atoms with E-state index < -0.39 is 0 Å². The van der Waals surface area contributed by atoms with Crippen molar-refractivity contribution in [3.8, 4) is 11.3 Å². The first-order valence-electron chi connectivity index (χ1n) is 7.62. The monoisotopic (exact) mass is 371 g/mol. The zero-order valence-electron chi connectivity index (χ0n) is 13.0. The zero-order chi connectivity index (χ0) is 17.4. The van der Waals surface area contributed by atoms with Gasteiger partial charge in [0.2, 0.25) is 0 Å². The molecule has 0 aliphatic carbocycles. The maximum Gasteiger partial charge on any atom is 0.331 e. The van der Waals surface area contributed by atoms with Crippen molar-refractivity contribution in [2.45, 2.75) is 6.54 Å². The fraction of sp³-hybridized carbons (Fsp3) is 0.0556. The molecule has 4 aromatic rings. The molecule has 0 saturated heterocycles. The summed E-state index contributed by atoms with van der Waals surface area (Å²) < 4.78 is 3.23. The van der Waals surface area contributed by atoms with Gasteiger partial charge in [0.15, 0.2) is 0 Å². The Morgan fingerprint density at radius 3 is 2.64 bits per heavy atom. The molecule has 2 heterocycles. The molecule has 4 rings (SSSR count). The minimum atomic E-state index is -0.125. The van der Waals surface area contributed by atoms with Crippen molar-refractivity contribution in [3.63, 3.8) is 0 Å². The summed E-state index contributed by atoms with van der Waals surface area (Å²) in [4.78, 5) is 12.6. The molecule has 1 N–H and O–H groups in total. The number of H-pyrrole nitrogens is 1. The second-order valence-electron chi connectivity index (χ2n) is 5.62. The first-order valence-corrected chi connectivity index (χ1v) is 8.37. The van der Waals surface area contributed by atoms with Crippen molar-refractivity contribution >= 4 is 28.8 Å². The molecule has 0 atom stereocenters. The second kappa shape index (κ2) is 6.35. The fourth-order valence-corrected chi connectivity index (χ4v) is 3.19. The van der Waals surface area contributed by atoms with Gasteiger partial charge in [0.1, 0.15) is 6.54 Å². The predicted octanol–water partition coefficient (Wildman–Crippen LogP) is 3.33. The van der Waals surface area contributed by atoms with Gasteiger partial charge in [-0.3, -0.25) is 4.79 Å². The number of rotatable bonds is 3. The Kier molecular flexibility index (Phi) is 4.03. The normalized spacial score (nSPS) is 11.1. The maximum absolute atomic E-state index is 12.6. The second-order valence-corrected chi connectivity index (χ2v) is 6.46. The number of halogens is 2. The van der Waals surface area contributed by atoms with E-state index in [1.807, 2.05) is 36.4 Å². The largest absolute Gasteiger partial charge is 0.331 e. The van der Waals surface area contributed by atoms with Crippen molar-refractivity contribution in [1.29, 1.82) is 0 Å². The van der Waals surface area contributed by atoms with Crippen molar-refractivity contribution in [1.82, 2.24) is 14.9 Å². The van der Waals surface area contributed by atoms with Crippen LogP contribution in [0.3, 0.4) is 0 Å². The molecule has 124 valence electrons. The summed E-state index contributed by atoms with van der Waals surface area (Å²) in [6, 6.07) is 16.5. The summed E-state index contributed by atoms with van der Waals surface area (Å²) in [6.45, 7) is 0.375. The van der Waals surface area contributed by atoms with Crippen LogP contribution in [0.4, 0.5) is 0 Å². The molecule has 2 aromatic heterocycles. The summed E-state index contributed by atoms with van der Waals surface area (Å²) in [6.07, 6.45) is 1.58. The minimum absolute atomic E-state index is 0.125. The third-order valence-electron chi connectivity index (χ3n) is 3.94. The molecular formula is C18H13Cl2N4O+.